The lowest BCUT2D eigenvalue weighted by molar-refractivity contribution is -0.144. The third kappa shape index (κ3) is 10.3. The van der Waals surface area contributed by atoms with Crippen LogP contribution in [-0.4, -0.2) is 65.0 Å². The number of carboxylic acid groups (broad SMARTS) is 1. The second-order valence-electron chi connectivity index (χ2n) is 8.02. The molecule has 0 aromatic rings. The molecule has 5 unspecified atom stereocenters. The number of hydrogen-bond donors (Lipinski definition) is 5. The van der Waals surface area contributed by atoms with Gasteiger partial charge in [0.25, 0.3) is 0 Å². The van der Waals surface area contributed by atoms with E-state index in [1.165, 1.54) is 6.92 Å². The maximum atomic E-state index is 12.7. The van der Waals surface area contributed by atoms with Gasteiger partial charge in [0, 0.05) is 0 Å². The summed E-state index contributed by atoms with van der Waals surface area (Å²) in [4.78, 5) is 48.9. The Balaban J connectivity index is 5.10. The van der Waals surface area contributed by atoms with Crippen LogP contribution in [0.5, 0.6) is 0 Å². The molecular formula is C20H38N4O5S. The molecule has 0 spiro atoms. The number of nitrogens with one attached hydrogen (secondary N) is 3. The van der Waals surface area contributed by atoms with Gasteiger partial charge in [0.05, 0.1) is 6.04 Å². The minimum Gasteiger partial charge on any atom is -0.480 e. The SMILES string of the molecule is CCC(C)C(NC(=O)C(CC(C)C)NC(=O)C(C)NC(=O)C(N)CCSC)C(=O)O. The molecule has 0 heterocycles. The smallest absolute Gasteiger partial charge is 0.326 e. The van der Waals surface area contributed by atoms with Crippen molar-refractivity contribution in [1.82, 2.24) is 16.0 Å². The summed E-state index contributed by atoms with van der Waals surface area (Å²) in [6.07, 6.45) is 3.32. The molecule has 3 amide bonds. The van der Waals surface area contributed by atoms with Gasteiger partial charge in [-0.1, -0.05) is 34.1 Å². The summed E-state index contributed by atoms with van der Waals surface area (Å²) >= 11 is 1.57. The molecule has 0 saturated carbocycles. The van der Waals surface area contributed by atoms with Crippen LogP contribution in [0.25, 0.3) is 0 Å². The third-order valence-corrected chi connectivity index (χ3v) is 5.48. The molecule has 6 N–H and O–H groups in total. The van der Waals surface area contributed by atoms with E-state index in [2.05, 4.69) is 16.0 Å². The largest absolute Gasteiger partial charge is 0.480 e. The lowest BCUT2D eigenvalue weighted by atomic mass is 9.97. The second kappa shape index (κ2) is 14.2. The van der Waals surface area contributed by atoms with Crippen LogP contribution in [0.1, 0.15) is 53.9 Å². The number of carbonyl (C=O) groups is 4. The van der Waals surface area contributed by atoms with Gasteiger partial charge in [-0.15, -0.1) is 0 Å². The highest BCUT2D eigenvalue weighted by Crippen LogP contribution is 2.11. The molecule has 0 aromatic heterocycles. The van der Waals surface area contributed by atoms with Gasteiger partial charge in [-0.2, -0.15) is 11.8 Å². The number of rotatable bonds is 14. The molecule has 5 atom stereocenters. The zero-order valence-electron chi connectivity index (χ0n) is 18.9. The molecule has 9 nitrogen and oxygen atoms in total. The number of carbonyl (C=O) groups excluding carboxylic acids is 3. The van der Waals surface area contributed by atoms with E-state index in [0.29, 0.717) is 19.3 Å². The summed E-state index contributed by atoms with van der Waals surface area (Å²) in [7, 11) is 0. The number of nitrogens with two attached hydrogens (primary N) is 1. The highest BCUT2D eigenvalue weighted by Gasteiger charge is 2.31. The first-order valence-electron chi connectivity index (χ1n) is 10.3. The van der Waals surface area contributed by atoms with Crippen molar-refractivity contribution in [2.45, 2.75) is 78.0 Å². The van der Waals surface area contributed by atoms with E-state index in [9.17, 15) is 24.3 Å². The van der Waals surface area contributed by atoms with Crippen LogP contribution in [0.4, 0.5) is 0 Å². The van der Waals surface area contributed by atoms with Gasteiger partial charge >= 0.3 is 5.97 Å². The van der Waals surface area contributed by atoms with E-state index in [4.69, 9.17) is 5.73 Å². The van der Waals surface area contributed by atoms with E-state index < -0.39 is 47.9 Å². The van der Waals surface area contributed by atoms with Crippen LogP contribution in [0.2, 0.25) is 0 Å². The molecule has 0 aliphatic rings. The van der Waals surface area contributed by atoms with Gasteiger partial charge in [-0.25, -0.2) is 4.79 Å². The van der Waals surface area contributed by atoms with Gasteiger partial charge in [0.1, 0.15) is 18.1 Å². The summed E-state index contributed by atoms with van der Waals surface area (Å²) < 4.78 is 0. The van der Waals surface area contributed by atoms with E-state index in [-0.39, 0.29) is 11.8 Å². The summed E-state index contributed by atoms with van der Waals surface area (Å²) in [5.74, 6) is -2.09. The first-order chi connectivity index (χ1) is 13.9. The zero-order chi connectivity index (χ0) is 23.4. The molecule has 0 rings (SSSR count). The average Bonchev–Trinajstić information content (AvgIpc) is 2.67. The third-order valence-electron chi connectivity index (χ3n) is 4.84. The predicted molar refractivity (Wildman–Crippen MR) is 119 cm³/mol. The number of hydrogen-bond acceptors (Lipinski definition) is 6. The zero-order valence-corrected chi connectivity index (χ0v) is 19.7. The predicted octanol–water partition coefficient (Wildman–Crippen LogP) is 0.718. The fourth-order valence-electron chi connectivity index (χ4n) is 2.70. The molecule has 174 valence electrons. The van der Waals surface area contributed by atoms with Crippen molar-refractivity contribution in [3.05, 3.63) is 0 Å². The Morgan fingerprint density at radius 2 is 1.57 bits per heavy atom. The van der Waals surface area contributed by atoms with Crippen molar-refractivity contribution in [2.24, 2.45) is 17.6 Å². The Kier molecular flexibility index (Phi) is 13.4. The molecule has 0 saturated heterocycles. The molecule has 0 radical (unpaired) electrons. The van der Waals surface area contributed by atoms with Crippen molar-refractivity contribution in [2.75, 3.05) is 12.0 Å². The van der Waals surface area contributed by atoms with Crippen molar-refractivity contribution >= 4 is 35.5 Å². The van der Waals surface area contributed by atoms with Crippen molar-refractivity contribution in [3.63, 3.8) is 0 Å². The van der Waals surface area contributed by atoms with Crippen molar-refractivity contribution in [1.29, 1.82) is 0 Å². The molecular weight excluding hydrogens is 408 g/mol. The molecule has 0 aliphatic carbocycles. The Morgan fingerprint density at radius 1 is 0.967 bits per heavy atom. The number of amides is 3. The maximum Gasteiger partial charge on any atom is 0.326 e. The summed E-state index contributed by atoms with van der Waals surface area (Å²) in [6.45, 7) is 8.89. The Labute approximate surface area is 183 Å². The van der Waals surface area contributed by atoms with E-state index in [1.54, 1.807) is 18.7 Å². The normalized spacial score (nSPS) is 16.1. The van der Waals surface area contributed by atoms with Crippen molar-refractivity contribution < 1.29 is 24.3 Å². The Morgan fingerprint density at radius 3 is 2.03 bits per heavy atom. The fourth-order valence-corrected chi connectivity index (χ4v) is 3.19. The maximum absolute atomic E-state index is 12.7. The van der Waals surface area contributed by atoms with Crippen LogP contribution in [0.3, 0.4) is 0 Å². The fraction of sp³-hybridized carbons (Fsp3) is 0.800. The lowest BCUT2D eigenvalue weighted by Crippen LogP contribution is -2.57. The van der Waals surface area contributed by atoms with Gasteiger partial charge in [0.2, 0.25) is 17.7 Å². The Hall–Kier alpha value is -1.81. The van der Waals surface area contributed by atoms with Gasteiger partial charge < -0.3 is 26.8 Å². The van der Waals surface area contributed by atoms with E-state index in [0.717, 1.165) is 5.75 Å². The lowest BCUT2D eigenvalue weighted by Gasteiger charge is -2.26. The highest BCUT2D eigenvalue weighted by molar-refractivity contribution is 7.98. The summed E-state index contributed by atoms with van der Waals surface area (Å²) in [5.41, 5.74) is 5.81. The molecule has 10 heteroatoms. The first-order valence-corrected chi connectivity index (χ1v) is 11.7. The molecule has 30 heavy (non-hydrogen) atoms. The van der Waals surface area contributed by atoms with Crippen LogP contribution in [-0.2, 0) is 19.2 Å². The van der Waals surface area contributed by atoms with Crippen LogP contribution >= 0.6 is 11.8 Å². The minimum atomic E-state index is -1.12. The number of carboxylic acids is 1. The topological polar surface area (TPSA) is 151 Å². The van der Waals surface area contributed by atoms with Crippen LogP contribution in [0, 0.1) is 11.8 Å². The standard InChI is InChI=1S/C20H38N4O5S/c1-7-12(4)16(20(28)29)24-19(27)15(10-11(2)3)23-17(25)13(5)22-18(26)14(21)8-9-30-6/h11-16H,7-10,21H2,1-6H3,(H,22,26)(H,23,25)(H,24,27)(H,28,29). The second-order valence-corrected chi connectivity index (χ2v) is 9.00. The summed E-state index contributed by atoms with van der Waals surface area (Å²) in [5, 5.41) is 17.1. The molecule has 0 fully saturated rings. The van der Waals surface area contributed by atoms with Crippen molar-refractivity contribution in [3.8, 4) is 0 Å². The highest BCUT2D eigenvalue weighted by atomic mass is 32.2. The molecule has 0 aliphatic heterocycles. The minimum absolute atomic E-state index is 0.0813. The molecule has 0 aromatic carbocycles. The van der Waals surface area contributed by atoms with Gasteiger partial charge in [-0.05, 0) is 43.6 Å². The first kappa shape index (κ1) is 28.2. The van der Waals surface area contributed by atoms with Crippen LogP contribution in [0.15, 0.2) is 0 Å². The molecule has 0 bridgehead atoms. The van der Waals surface area contributed by atoms with E-state index in [1.807, 2.05) is 27.0 Å². The average molecular weight is 447 g/mol. The monoisotopic (exact) mass is 446 g/mol. The quantitative estimate of drug-likeness (QED) is 0.264. The number of aliphatic carboxylic acids is 1. The van der Waals surface area contributed by atoms with E-state index >= 15 is 0 Å². The number of thioether (sulfide) groups is 1. The summed E-state index contributed by atoms with van der Waals surface area (Å²) in [6, 6.07) is -3.55. The Bertz CT molecular complexity index is 588. The van der Waals surface area contributed by atoms with Crippen LogP contribution < -0.4 is 21.7 Å². The van der Waals surface area contributed by atoms with Gasteiger partial charge in [-0.3, -0.25) is 14.4 Å². The van der Waals surface area contributed by atoms with Gasteiger partial charge in [0.15, 0.2) is 0 Å².